The van der Waals surface area contributed by atoms with Crippen molar-refractivity contribution in [3.63, 3.8) is 0 Å². The van der Waals surface area contributed by atoms with E-state index >= 15 is 0 Å². The lowest BCUT2D eigenvalue weighted by Gasteiger charge is -2.12. The molecular weight excluding hydrogens is 196 g/mol. The highest BCUT2D eigenvalue weighted by Gasteiger charge is 2.07. The Hall–Kier alpha value is -1.28. The first-order valence-corrected chi connectivity index (χ1v) is 5.00. The number of aliphatic imine (C=N–C) groups is 2. The highest BCUT2D eigenvalue weighted by molar-refractivity contribution is 5.33. The predicted octanol–water partition coefficient (Wildman–Crippen LogP) is 1.09. The van der Waals surface area contributed by atoms with Crippen molar-refractivity contribution in [2.45, 2.75) is 19.8 Å². The maximum atomic E-state index is 9.96. The molecule has 0 fully saturated rings. The molecule has 0 aliphatic heterocycles. The van der Waals surface area contributed by atoms with E-state index in [1.807, 2.05) is 6.92 Å². The van der Waals surface area contributed by atoms with Gasteiger partial charge < -0.3 is 4.74 Å². The van der Waals surface area contributed by atoms with Crippen LogP contribution in [0.1, 0.15) is 19.8 Å². The smallest absolute Gasteiger partial charge is 0.234 e. The molecule has 5 nitrogen and oxygen atoms in total. The molecule has 0 N–H and O–H groups in total. The van der Waals surface area contributed by atoms with E-state index in [0.29, 0.717) is 26.3 Å². The lowest BCUT2D eigenvalue weighted by atomic mass is 10.0. The van der Waals surface area contributed by atoms with E-state index in [1.54, 1.807) is 0 Å². The van der Waals surface area contributed by atoms with Crippen molar-refractivity contribution in [1.29, 1.82) is 0 Å². The standard InChI is InChI=1S/C10H16N2O3/c1-2-15-7-10(6-12-9-14)4-3-5-11-8-13/h10H,2-7H2,1H3. The Morgan fingerprint density at radius 1 is 1.27 bits per heavy atom. The third-order valence-corrected chi connectivity index (χ3v) is 1.92. The van der Waals surface area contributed by atoms with Gasteiger partial charge in [-0.2, -0.15) is 0 Å². The minimum Gasteiger partial charge on any atom is -0.381 e. The Bertz CT molecular complexity index is 243. The van der Waals surface area contributed by atoms with Crippen LogP contribution in [0.2, 0.25) is 0 Å². The number of nitrogens with zero attached hydrogens (tertiary/aromatic N) is 2. The van der Waals surface area contributed by atoms with Crippen molar-refractivity contribution in [3.8, 4) is 0 Å². The topological polar surface area (TPSA) is 68.1 Å². The van der Waals surface area contributed by atoms with Crippen LogP contribution in [0.25, 0.3) is 0 Å². The molecule has 0 rings (SSSR count). The van der Waals surface area contributed by atoms with E-state index < -0.39 is 0 Å². The largest absolute Gasteiger partial charge is 0.381 e. The molecule has 5 heteroatoms. The first-order chi connectivity index (χ1) is 7.35. The molecule has 0 radical (unpaired) electrons. The van der Waals surface area contributed by atoms with Crippen LogP contribution in [-0.2, 0) is 14.3 Å². The average Bonchev–Trinajstić information content (AvgIpc) is 2.27. The molecule has 1 unspecified atom stereocenters. The van der Waals surface area contributed by atoms with Crippen LogP contribution >= 0.6 is 0 Å². The Kier molecular flexibility index (Phi) is 9.88. The maximum Gasteiger partial charge on any atom is 0.234 e. The molecule has 0 aromatic heterocycles. The predicted molar refractivity (Wildman–Crippen MR) is 55.2 cm³/mol. The summed E-state index contributed by atoms with van der Waals surface area (Å²) in [6.45, 7) is 4.03. The fourth-order valence-electron chi connectivity index (χ4n) is 1.18. The van der Waals surface area contributed by atoms with Gasteiger partial charge in [0, 0.05) is 12.5 Å². The van der Waals surface area contributed by atoms with Crippen LogP contribution < -0.4 is 0 Å². The second-order valence-corrected chi connectivity index (χ2v) is 3.07. The van der Waals surface area contributed by atoms with Crippen LogP contribution in [0.3, 0.4) is 0 Å². The molecule has 15 heavy (non-hydrogen) atoms. The van der Waals surface area contributed by atoms with Gasteiger partial charge in [-0.15, -0.1) is 0 Å². The molecule has 0 saturated heterocycles. The normalized spacial score (nSPS) is 11.3. The monoisotopic (exact) mass is 212 g/mol. The van der Waals surface area contributed by atoms with Crippen LogP contribution in [-0.4, -0.2) is 38.5 Å². The quantitative estimate of drug-likeness (QED) is 0.326. The van der Waals surface area contributed by atoms with Gasteiger partial charge in [0.05, 0.1) is 19.7 Å². The molecule has 0 amide bonds. The molecule has 84 valence electrons. The molecule has 0 bridgehead atoms. The molecule has 1 atom stereocenters. The summed E-state index contributed by atoms with van der Waals surface area (Å²) in [5.74, 6) is 0.202. The summed E-state index contributed by atoms with van der Waals surface area (Å²) in [6.07, 6.45) is 4.60. The summed E-state index contributed by atoms with van der Waals surface area (Å²) in [4.78, 5) is 26.7. The zero-order valence-electron chi connectivity index (χ0n) is 8.94. The van der Waals surface area contributed by atoms with Gasteiger partial charge in [-0.25, -0.2) is 19.6 Å². The van der Waals surface area contributed by atoms with E-state index in [9.17, 15) is 9.59 Å². The first kappa shape index (κ1) is 13.7. The van der Waals surface area contributed by atoms with Gasteiger partial charge in [-0.05, 0) is 19.8 Å². The lowest BCUT2D eigenvalue weighted by Crippen LogP contribution is -2.13. The van der Waals surface area contributed by atoms with Gasteiger partial charge in [-0.1, -0.05) is 0 Å². The Morgan fingerprint density at radius 3 is 2.60 bits per heavy atom. The van der Waals surface area contributed by atoms with Crippen molar-refractivity contribution in [3.05, 3.63) is 0 Å². The minimum absolute atomic E-state index is 0.202. The third-order valence-electron chi connectivity index (χ3n) is 1.92. The van der Waals surface area contributed by atoms with Gasteiger partial charge in [-0.3, -0.25) is 0 Å². The molecule has 0 saturated carbocycles. The highest BCUT2D eigenvalue weighted by atomic mass is 16.5. The van der Waals surface area contributed by atoms with Crippen molar-refractivity contribution >= 4 is 12.2 Å². The second kappa shape index (κ2) is 10.8. The van der Waals surface area contributed by atoms with Crippen LogP contribution in [0.4, 0.5) is 0 Å². The molecule has 0 spiro atoms. The van der Waals surface area contributed by atoms with Gasteiger partial charge >= 0.3 is 0 Å². The summed E-state index contributed by atoms with van der Waals surface area (Å²) in [5.41, 5.74) is 0. The van der Waals surface area contributed by atoms with Crippen molar-refractivity contribution in [2.24, 2.45) is 15.9 Å². The van der Waals surface area contributed by atoms with E-state index in [0.717, 1.165) is 12.8 Å². The Labute approximate surface area is 89.3 Å². The maximum absolute atomic E-state index is 9.96. The van der Waals surface area contributed by atoms with Crippen LogP contribution in [0.15, 0.2) is 9.98 Å². The van der Waals surface area contributed by atoms with Crippen LogP contribution in [0.5, 0.6) is 0 Å². The van der Waals surface area contributed by atoms with Gasteiger partial charge in [0.1, 0.15) is 0 Å². The summed E-state index contributed by atoms with van der Waals surface area (Å²) >= 11 is 0. The van der Waals surface area contributed by atoms with Gasteiger partial charge in [0.2, 0.25) is 12.2 Å². The number of carbonyl (C=O) groups excluding carboxylic acids is 2. The Balaban J connectivity index is 3.77. The van der Waals surface area contributed by atoms with E-state index in [4.69, 9.17) is 4.74 Å². The van der Waals surface area contributed by atoms with Crippen molar-refractivity contribution in [2.75, 3.05) is 26.3 Å². The summed E-state index contributed by atoms with van der Waals surface area (Å²) in [5, 5.41) is 0. The third kappa shape index (κ3) is 9.03. The van der Waals surface area contributed by atoms with Crippen molar-refractivity contribution in [1.82, 2.24) is 0 Å². The molecule has 0 aliphatic rings. The zero-order valence-corrected chi connectivity index (χ0v) is 8.94. The second-order valence-electron chi connectivity index (χ2n) is 3.07. The Morgan fingerprint density at radius 2 is 2.00 bits per heavy atom. The highest BCUT2D eigenvalue weighted by Crippen LogP contribution is 2.07. The fourth-order valence-corrected chi connectivity index (χ4v) is 1.18. The molecular formula is C10H16N2O3. The first-order valence-electron chi connectivity index (χ1n) is 5.00. The molecule has 0 aliphatic carbocycles. The van der Waals surface area contributed by atoms with Crippen molar-refractivity contribution < 1.29 is 14.3 Å². The number of hydrogen-bond acceptors (Lipinski definition) is 5. The van der Waals surface area contributed by atoms with Gasteiger partial charge in [0.15, 0.2) is 0 Å². The van der Waals surface area contributed by atoms with E-state index in [2.05, 4.69) is 9.98 Å². The van der Waals surface area contributed by atoms with E-state index in [-0.39, 0.29) is 5.92 Å². The fraction of sp³-hybridized carbons (Fsp3) is 0.800. The SMILES string of the molecule is CCOCC(CCCN=C=O)CN=C=O. The zero-order chi connectivity index (χ0) is 11.4. The van der Waals surface area contributed by atoms with Crippen LogP contribution in [0, 0.1) is 5.92 Å². The molecule has 0 aromatic carbocycles. The number of rotatable bonds is 9. The average molecular weight is 212 g/mol. The lowest BCUT2D eigenvalue weighted by molar-refractivity contribution is 0.109. The van der Waals surface area contributed by atoms with Gasteiger partial charge in [0.25, 0.3) is 0 Å². The summed E-state index contributed by atoms with van der Waals surface area (Å²) < 4.78 is 5.25. The molecule has 0 aromatic rings. The number of ether oxygens (including phenoxy) is 1. The number of isocyanates is 2. The summed E-state index contributed by atoms with van der Waals surface area (Å²) in [7, 11) is 0. The molecule has 0 heterocycles. The van der Waals surface area contributed by atoms with E-state index in [1.165, 1.54) is 12.2 Å². The minimum atomic E-state index is 0.202. The summed E-state index contributed by atoms with van der Waals surface area (Å²) in [6, 6.07) is 0. The number of hydrogen-bond donors (Lipinski definition) is 0.